The number of carbonyl (C=O) groups is 1. The summed E-state index contributed by atoms with van der Waals surface area (Å²) >= 11 is 12.7. The van der Waals surface area contributed by atoms with E-state index in [9.17, 15) is 9.59 Å². The molecule has 2 aromatic rings. The van der Waals surface area contributed by atoms with Crippen LogP contribution in [0.25, 0.3) is 5.69 Å². The van der Waals surface area contributed by atoms with Crippen molar-refractivity contribution in [2.24, 2.45) is 0 Å². The van der Waals surface area contributed by atoms with Crippen LogP contribution in [0.1, 0.15) is 9.67 Å². The van der Waals surface area contributed by atoms with Gasteiger partial charge >= 0.3 is 4.87 Å². The molecule has 0 radical (unpaired) electrons. The summed E-state index contributed by atoms with van der Waals surface area (Å²) in [5.74, 6) is 0. The highest BCUT2D eigenvalue weighted by atomic mass is 35.5. The summed E-state index contributed by atoms with van der Waals surface area (Å²) in [7, 11) is 0. The molecule has 1 heterocycles. The van der Waals surface area contributed by atoms with Crippen molar-refractivity contribution >= 4 is 40.8 Å². The molecule has 1 aromatic heterocycles. The van der Waals surface area contributed by atoms with Crippen LogP contribution in [-0.4, -0.2) is 10.9 Å². The third-order valence-electron chi connectivity index (χ3n) is 1.98. The van der Waals surface area contributed by atoms with Gasteiger partial charge in [-0.2, -0.15) is 0 Å². The van der Waals surface area contributed by atoms with Gasteiger partial charge in [0.1, 0.15) is 10.0 Å². The maximum absolute atomic E-state index is 11.7. The van der Waals surface area contributed by atoms with Gasteiger partial charge in [-0.3, -0.25) is 14.2 Å². The lowest BCUT2D eigenvalue weighted by molar-refractivity contribution is 0.112. The fraction of sp³-hybridized carbons (Fsp3) is 0. The van der Waals surface area contributed by atoms with Crippen LogP contribution in [0, 0.1) is 0 Å². The minimum atomic E-state index is -0.333. The molecule has 0 spiro atoms. The lowest BCUT2D eigenvalue weighted by atomic mass is 10.3. The van der Waals surface area contributed by atoms with Crippen LogP contribution in [0.3, 0.4) is 0 Å². The van der Waals surface area contributed by atoms with Gasteiger partial charge in [-0.1, -0.05) is 46.7 Å². The minimum absolute atomic E-state index is 0.0955. The van der Waals surface area contributed by atoms with Crippen LogP contribution in [0.4, 0.5) is 0 Å². The molecule has 1 aromatic carbocycles. The third-order valence-corrected chi connectivity index (χ3v) is 3.65. The summed E-state index contributed by atoms with van der Waals surface area (Å²) < 4.78 is 1.22. The van der Waals surface area contributed by atoms with Gasteiger partial charge in [0.15, 0.2) is 6.29 Å². The number of hydrogen-bond donors (Lipinski definition) is 0. The van der Waals surface area contributed by atoms with E-state index >= 15 is 0 Å². The van der Waals surface area contributed by atoms with Crippen molar-refractivity contribution < 1.29 is 4.79 Å². The van der Waals surface area contributed by atoms with Crippen molar-refractivity contribution in [1.82, 2.24) is 4.57 Å². The Balaban J connectivity index is 2.75. The average Bonchev–Trinajstić information content (AvgIpc) is 2.55. The Morgan fingerprint density at radius 2 is 1.94 bits per heavy atom. The molecule has 0 bridgehead atoms. The first-order chi connectivity index (χ1) is 7.65. The summed E-state index contributed by atoms with van der Waals surface area (Å²) in [6.45, 7) is 0. The fourth-order valence-electron chi connectivity index (χ4n) is 1.28. The standard InChI is InChI=1S/C10H5Cl2NO2S/c11-6-3-1-2-4-7(6)13-9(12)8(5-14)16-10(13)15/h1-5H. The largest absolute Gasteiger partial charge is 0.313 e. The van der Waals surface area contributed by atoms with Gasteiger partial charge in [0.2, 0.25) is 0 Å². The zero-order valence-corrected chi connectivity index (χ0v) is 10.1. The maximum Gasteiger partial charge on any atom is 0.313 e. The fourth-order valence-corrected chi connectivity index (χ4v) is 2.57. The molecule has 6 heteroatoms. The lowest BCUT2D eigenvalue weighted by Gasteiger charge is -2.04. The molecule has 2 rings (SSSR count). The molecule has 0 aliphatic carbocycles. The van der Waals surface area contributed by atoms with Crippen LogP contribution in [0.2, 0.25) is 10.2 Å². The predicted octanol–water partition coefficient (Wildman–Crippen LogP) is 3.02. The highest BCUT2D eigenvalue weighted by Gasteiger charge is 2.15. The smallest absolute Gasteiger partial charge is 0.297 e. The topological polar surface area (TPSA) is 39.1 Å². The number of halogens is 2. The highest BCUT2D eigenvalue weighted by molar-refractivity contribution is 7.11. The number of thiazole rings is 1. The summed E-state index contributed by atoms with van der Waals surface area (Å²) in [5, 5.41) is 0.500. The quantitative estimate of drug-likeness (QED) is 0.789. The molecular weight excluding hydrogens is 269 g/mol. The van der Waals surface area contributed by atoms with Crippen LogP contribution in [0.15, 0.2) is 29.1 Å². The number of hydrogen-bond acceptors (Lipinski definition) is 3. The first-order valence-electron chi connectivity index (χ1n) is 4.26. The van der Waals surface area contributed by atoms with Gasteiger partial charge in [0.05, 0.1) is 10.7 Å². The normalized spacial score (nSPS) is 10.4. The molecule has 0 atom stereocenters. The van der Waals surface area contributed by atoms with Crippen molar-refractivity contribution in [1.29, 1.82) is 0 Å². The maximum atomic E-state index is 11.7. The van der Waals surface area contributed by atoms with E-state index < -0.39 is 0 Å². The summed E-state index contributed by atoms with van der Waals surface area (Å²) in [5.41, 5.74) is 0.475. The Kier molecular flexibility index (Phi) is 3.14. The number of benzene rings is 1. The monoisotopic (exact) mass is 273 g/mol. The first kappa shape index (κ1) is 11.4. The van der Waals surface area contributed by atoms with Crippen molar-refractivity contribution in [3.63, 3.8) is 0 Å². The van der Waals surface area contributed by atoms with Gasteiger partial charge in [-0.25, -0.2) is 0 Å². The molecule has 0 N–H and O–H groups in total. The summed E-state index contributed by atoms with van der Waals surface area (Å²) in [6.07, 6.45) is 0.557. The van der Waals surface area contributed by atoms with E-state index in [1.54, 1.807) is 24.3 Å². The number of carbonyl (C=O) groups excluding carboxylic acids is 1. The molecule has 82 valence electrons. The van der Waals surface area contributed by atoms with Gasteiger partial charge in [-0.15, -0.1) is 0 Å². The molecule has 0 saturated heterocycles. The Hall–Kier alpha value is -1.10. The molecule has 0 fully saturated rings. The van der Waals surface area contributed by atoms with E-state index in [-0.39, 0.29) is 14.9 Å². The minimum Gasteiger partial charge on any atom is -0.297 e. The lowest BCUT2D eigenvalue weighted by Crippen LogP contribution is -2.10. The first-order valence-corrected chi connectivity index (χ1v) is 5.84. The van der Waals surface area contributed by atoms with Crippen LogP contribution >= 0.6 is 34.5 Å². The third kappa shape index (κ3) is 1.80. The van der Waals surface area contributed by atoms with Crippen molar-refractivity contribution in [3.8, 4) is 5.69 Å². The molecule has 0 aliphatic rings. The van der Waals surface area contributed by atoms with Crippen molar-refractivity contribution in [2.75, 3.05) is 0 Å². The number of rotatable bonds is 2. The Morgan fingerprint density at radius 3 is 2.50 bits per heavy atom. The molecule has 0 saturated carbocycles. The second-order valence-electron chi connectivity index (χ2n) is 2.93. The zero-order valence-electron chi connectivity index (χ0n) is 7.81. The molecule has 3 nitrogen and oxygen atoms in total. The van der Waals surface area contributed by atoms with E-state index in [1.807, 2.05) is 0 Å². The second kappa shape index (κ2) is 4.41. The average molecular weight is 274 g/mol. The predicted molar refractivity (Wildman–Crippen MR) is 65.3 cm³/mol. The second-order valence-corrected chi connectivity index (χ2v) is 4.69. The van der Waals surface area contributed by atoms with Crippen LogP contribution in [-0.2, 0) is 0 Å². The number of aromatic nitrogens is 1. The van der Waals surface area contributed by atoms with E-state index in [0.29, 0.717) is 17.0 Å². The number of nitrogens with zero attached hydrogens (tertiary/aromatic N) is 1. The van der Waals surface area contributed by atoms with Crippen LogP contribution in [0.5, 0.6) is 0 Å². The number of aldehydes is 1. The van der Waals surface area contributed by atoms with E-state index in [1.165, 1.54) is 4.57 Å². The Morgan fingerprint density at radius 1 is 1.25 bits per heavy atom. The summed E-state index contributed by atoms with van der Waals surface area (Å²) in [6, 6.07) is 6.80. The molecule has 0 unspecified atom stereocenters. The van der Waals surface area contributed by atoms with Crippen LogP contribution < -0.4 is 4.87 Å². The van der Waals surface area contributed by atoms with Gasteiger partial charge in [-0.05, 0) is 12.1 Å². The van der Waals surface area contributed by atoms with E-state index in [0.717, 1.165) is 11.3 Å². The van der Waals surface area contributed by atoms with E-state index in [4.69, 9.17) is 23.2 Å². The zero-order chi connectivity index (χ0) is 11.7. The molecule has 0 aliphatic heterocycles. The van der Waals surface area contributed by atoms with Gasteiger partial charge < -0.3 is 0 Å². The molecule has 0 amide bonds. The van der Waals surface area contributed by atoms with Gasteiger partial charge in [0.25, 0.3) is 0 Å². The van der Waals surface area contributed by atoms with Crippen molar-refractivity contribution in [3.05, 3.63) is 49.0 Å². The molecular formula is C10H5Cl2NO2S. The van der Waals surface area contributed by atoms with Crippen molar-refractivity contribution in [2.45, 2.75) is 0 Å². The summed E-state index contributed by atoms with van der Waals surface area (Å²) in [4.78, 5) is 22.2. The SMILES string of the molecule is O=Cc1sc(=O)n(-c2ccccc2Cl)c1Cl. The number of para-hydroxylation sites is 1. The van der Waals surface area contributed by atoms with E-state index in [2.05, 4.69) is 0 Å². The molecule has 16 heavy (non-hydrogen) atoms. The highest BCUT2D eigenvalue weighted by Crippen LogP contribution is 2.25. The van der Waals surface area contributed by atoms with Gasteiger partial charge in [0, 0.05) is 0 Å². The Labute approximate surface area is 105 Å². The Bertz CT molecular complexity index is 603.